The first-order valence-electron chi connectivity index (χ1n) is 9.40. The van der Waals surface area contributed by atoms with Crippen LogP contribution in [0.4, 0.5) is 0 Å². The molecule has 4 heteroatoms. The summed E-state index contributed by atoms with van der Waals surface area (Å²) < 4.78 is 5.68. The van der Waals surface area contributed by atoms with Crippen LogP contribution in [0.5, 0.6) is 0 Å². The number of fused-ring (bicyclic) bond motifs is 4. The van der Waals surface area contributed by atoms with Gasteiger partial charge in [0.2, 0.25) is 0 Å². The second-order valence-electron chi connectivity index (χ2n) is 8.85. The van der Waals surface area contributed by atoms with Gasteiger partial charge in [0.25, 0.3) is 0 Å². The van der Waals surface area contributed by atoms with Crippen molar-refractivity contribution >= 4 is 17.3 Å². The van der Waals surface area contributed by atoms with E-state index in [1.165, 1.54) is 0 Å². The molecule has 24 heavy (non-hydrogen) atoms. The highest BCUT2D eigenvalue weighted by atomic mass is 16.5. The molecule has 3 saturated carbocycles. The zero-order chi connectivity index (χ0) is 16.7. The summed E-state index contributed by atoms with van der Waals surface area (Å²) in [5.41, 5.74) is 0.416. The lowest BCUT2D eigenvalue weighted by Crippen LogP contribution is -2.58. The molecule has 5 aliphatic rings. The lowest BCUT2D eigenvalue weighted by Gasteiger charge is -2.59. The van der Waals surface area contributed by atoms with Gasteiger partial charge >= 0.3 is 0 Å². The predicted octanol–water partition coefficient (Wildman–Crippen LogP) is 2.65. The standard InChI is InChI=1S/C20H24O4/c1-19-5-4-13-11(12(19)2-3-18(19)23)8-15(21)14-9-16(22)17-10-20(13,14)6-7-24-17/h9,11-13,17H,2-8,10H2,1H3/t11-,12-,13-,17?,19-,20+/m0/s1. The molecule has 128 valence electrons. The van der Waals surface area contributed by atoms with Crippen molar-refractivity contribution in [1.82, 2.24) is 0 Å². The highest BCUT2D eigenvalue weighted by Gasteiger charge is 2.63. The molecular formula is C20H24O4. The van der Waals surface area contributed by atoms with Gasteiger partial charge in [-0.1, -0.05) is 6.92 Å². The average Bonchev–Trinajstić information content (AvgIpc) is 2.86. The van der Waals surface area contributed by atoms with Crippen LogP contribution in [0.2, 0.25) is 0 Å². The molecule has 6 atom stereocenters. The highest BCUT2D eigenvalue weighted by molar-refractivity contribution is 6.07. The van der Waals surface area contributed by atoms with E-state index in [0.717, 1.165) is 31.3 Å². The van der Waals surface area contributed by atoms with E-state index in [0.29, 0.717) is 49.4 Å². The minimum absolute atomic E-state index is 0.0242. The summed E-state index contributed by atoms with van der Waals surface area (Å²) in [5.74, 6) is 1.64. The summed E-state index contributed by atoms with van der Waals surface area (Å²) in [7, 11) is 0. The van der Waals surface area contributed by atoms with Gasteiger partial charge in [-0.25, -0.2) is 0 Å². The van der Waals surface area contributed by atoms with Gasteiger partial charge in [0.05, 0.1) is 0 Å². The van der Waals surface area contributed by atoms with Gasteiger partial charge in [-0.2, -0.15) is 0 Å². The smallest absolute Gasteiger partial charge is 0.184 e. The van der Waals surface area contributed by atoms with Crippen LogP contribution in [0.3, 0.4) is 0 Å². The number of ketones is 3. The Hall–Kier alpha value is -1.29. The fourth-order valence-corrected chi connectivity index (χ4v) is 6.93. The zero-order valence-electron chi connectivity index (χ0n) is 14.2. The Morgan fingerprint density at radius 1 is 1.12 bits per heavy atom. The van der Waals surface area contributed by atoms with Crippen LogP contribution >= 0.6 is 0 Å². The predicted molar refractivity (Wildman–Crippen MR) is 86.2 cm³/mol. The van der Waals surface area contributed by atoms with Crippen LogP contribution in [0.15, 0.2) is 11.6 Å². The molecule has 0 radical (unpaired) electrons. The monoisotopic (exact) mass is 328 g/mol. The van der Waals surface area contributed by atoms with Gasteiger partial charge in [-0.15, -0.1) is 0 Å². The van der Waals surface area contributed by atoms with Gasteiger partial charge in [-0.05, 0) is 55.9 Å². The Bertz CT molecular complexity index is 692. The normalized spacial score (nSPS) is 50.0. The quantitative estimate of drug-likeness (QED) is 0.686. The van der Waals surface area contributed by atoms with E-state index >= 15 is 0 Å². The summed E-state index contributed by atoms with van der Waals surface area (Å²) >= 11 is 0. The van der Waals surface area contributed by atoms with Gasteiger partial charge < -0.3 is 4.74 Å². The number of hydrogen-bond acceptors (Lipinski definition) is 4. The third-order valence-electron chi connectivity index (χ3n) is 8.13. The van der Waals surface area contributed by atoms with E-state index in [2.05, 4.69) is 6.92 Å². The van der Waals surface area contributed by atoms with Gasteiger partial charge in [0.15, 0.2) is 11.6 Å². The maximum absolute atomic E-state index is 13.0. The van der Waals surface area contributed by atoms with Crippen molar-refractivity contribution in [3.63, 3.8) is 0 Å². The van der Waals surface area contributed by atoms with E-state index < -0.39 is 0 Å². The first kappa shape index (κ1) is 15.0. The molecule has 4 aliphatic carbocycles. The van der Waals surface area contributed by atoms with E-state index in [4.69, 9.17) is 4.74 Å². The maximum atomic E-state index is 13.0. The Morgan fingerprint density at radius 2 is 1.96 bits per heavy atom. The van der Waals surface area contributed by atoms with Crippen LogP contribution in [0.25, 0.3) is 0 Å². The first-order valence-corrected chi connectivity index (χ1v) is 9.40. The van der Waals surface area contributed by atoms with E-state index in [1.807, 2.05) is 0 Å². The summed E-state index contributed by atoms with van der Waals surface area (Å²) in [4.78, 5) is 37.7. The average molecular weight is 328 g/mol. The van der Waals surface area contributed by atoms with Crippen LogP contribution in [0.1, 0.15) is 51.9 Å². The fourth-order valence-electron chi connectivity index (χ4n) is 6.93. The van der Waals surface area contributed by atoms with E-state index in [9.17, 15) is 14.4 Å². The second kappa shape index (κ2) is 4.66. The van der Waals surface area contributed by atoms with Crippen LogP contribution < -0.4 is 0 Å². The summed E-state index contributed by atoms with van der Waals surface area (Å²) in [6.45, 7) is 2.71. The van der Waals surface area contributed by atoms with Crippen molar-refractivity contribution in [3.8, 4) is 0 Å². The maximum Gasteiger partial charge on any atom is 0.184 e. The summed E-state index contributed by atoms with van der Waals surface area (Å²) in [6, 6.07) is 0. The van der Waals surface area contributed by atoms with Crippen molar-refractivity contribution in [1.29, 1.82) is 0 Å². The Balaban J connectivity index is 1.61. The topological polar surface area (TPSA) is 60.4 Å². The number of ether oxygens (including phenoxy) is 1. The third-order valence-corrected chi connectivity index (χ3v) is 8.13. The number of rotatable bonds is 0. The number of Topliss-reactive ketones (excluding diaryl/α,β-unsaturated/α-hetero) is 2. The number of hydrogen-bond donors (Lipinski definition) is 0. The van der Waals surface area contributed by atoms with Crippen LogP contribution in [-0.2, 0) is 19.1 Å². The zero-order valence-corrected chi connectivity index (χ0v) is 14.2. The summed E-state index contributed by atoms with van der Waals surface area (Å²) in [6.07, 6.45) is 6.90. The minimum atomic E-state index is -0.354. The number of carbonyl (C=O) groups is 3. The molecule has 0 amide bonds. The fraction of sp³-hybridized carbons (Fsp3) is 0.750. The van der Waals surface area contributed by atoms with Crippen molar-refractivity contribution < 1.29 is 19.1 Å². The van der Waals surface area contributed by atoms with Gasteiger partial charge in [-0.3, -0.25) is 14.4 Å². The lowest BCUT2D eigenvalue weighted by molar-refractivity contribution is -0.155. The highest BCUT2D eigenvalue weighted by Crippen LogP contribution is 2.65. The first-order chi connectivity index (χ1) is 11.5. The van der Waals surface area contributed by atoms with Crippen molar-refractivity contribution in [2.45, 2.75) is 58.0 Å². The van der Waals surface area contributed by atoms with E-state index in [-0.39, 0.29) is 28.5 Å². The molecular weight excluding hydrogens is 304 g/mol. The largest absolute Gasteiger partial charge is 0.370 e. The molecule has 4 nitrogen and oxygen atoms in total. The minimum Gasteiger partial charge on any atom is -0.370 e. The summed E-state index contributed by atoms with van der Waals surface area (Å²) in [5, 5.41) is 0. The molecule has 0 aromatic carbocycles. The van der Waals surface area contributed by atoms with Crippen molar-refractivity contribution in [2.24, 2.45) is 28.6 Å². The molecule has 2 bridgehead atoms. The molecule has 4 fully saturated rings. The number of allylic oxidation sites excluding steroid dienone is 1. The van der Waals surface area contributed by atoms with Gasteiger partial charge in [0, 0.05) is 35.9 Å². The molecule has 0 aromatic rings. The Morgan fingerprint density at radius 3 is 2.79 bits per heavy atom. The third kappa shape index (κ3) is 1.66. The van der Waals surface area contributed by atoms with E-state index in [1.54, 1.807) is 6.08 Å². The van der Waals surface area contributed by atoms with Crippen molar-refractivity contribution in [3.05, 3.63) is 11.6 Å². The van der Waals surface area contributed by atoms with Gasteiger partial charge in [0.1, 0.15) is 11.9 Å². The molecule has 0 aromatic heterocycles. The second-order valence-corrected chi connectivity index (χ2v) is 8.85. The van der Waals surface area contributed by atoms with Crippen molar-refractivity contribution in [2.75, 3.05) is 6.61 Å². The molecule has 1 aliphatic heterocycles. The Kier molecular flexibility index (Phi) is 2.91. The molecule has 5 rings (SSSR count). The molecule has 0 N–H and O–H groups in total. The van der Waals surface area contributed by atoms with Crippen LogP contribution in [-0.4, -0.2) is 30.1 Å². The molecule has 1 unspecified atom stereocenters. The lowest BCUT2D eigenvalue weighted by atomic mass is 9.45. The molecule has 1 saturated heterocycles. The Labute approximate surface area is 142 Å². The van der Waals surface area contributed by atoms with Crippen LogP contribution in [0, 0.1) is 28.6 Å². The SMILES string of the molecule is C[C@]12CC[C@H]3[C@@H](CC(=O)C4=CC(=O)C5C[C@@]43CCO5)[C@@H]1CCC2=O. The number of carbonyl (C=O) groups excluding carboxylic acids is 3. The molecule has 1 heterocycles. The molecule has 1 spiro atoms.